The molecule has 0 saturated heterocycles. The summed E-state index contributed by atoms with van der Waals surface area (Å²) in [5, 5.41) is 6.35. The van der Waals surface area contributed by atoms with Crippen molar-refractivity contribution < 1.29 is 0 Å². The van der Waals surface area contributed by atoms with Gasteiger partial charge in [-0.3, -0.25) is 0 Å². The molecule has 252 valence electrons. The third kappa shape index (κ3) is 5.25. The van der Waals surface area contributed by atoms with Crippen molar-refractivity contribution in [3.05, 3.63) is 198 Å². The number of aromatic nitrogens is 3. The third-order valence-electron chi connectivity index (χ3n) is 10.9. The molecule has 0 radical (unpaired) electrons. The molecule has 2 aliphatic rings. The van der Waals surface area contributed by atoms with E-state index in [0.717, 1.165) is 27.8 Å². The standard InChI is InChI=1S/C49H36N4/c1-49(2)42-25-15-14-24-37(42)39-28-41-38(31-16-6-3-7-17-31)29-44(50-45(41)30-43(39)49)40-27-35(26-34-22-12-13-23-36(34)40)48-52-46(32-18-8-4-9-19-32)51-47(53-48)33-20-10-5-11-21-33/h3-30,44,50H,1-2H3. The van der Waals surface area contributed by atoms with Crippen LogP contribution in [0.15, 0.2) is 170 Å². The Labute approximate surface area is 309 Å². The normalized spacial score (nSPS) is 15.2. The monoisotopic (exact) mass is 680 g/mol. The number of nitrogens with zero attached hydrogens (tertiary/aromatic N) is 3. The van der Waals surface area contributed by atoms with Gasteiger partial charge < -0.3 is 5.32 Å². The predicted octanol–water partition coefficient (Wildman–Crippen LogP) is 11.9. The highest BCUT2D eigenvalue weighted by atomic mass is 15.0. The Balaban J connectivity index is 1.17. The molecule has 10 rings (SSSR count). The van der Waals surface area contributed by atoms with E-state index in [4.69, 9.17) is 15.0 Å². The van der Waals surface area contributed by atoms with Crippen molar-refractivity contribution in [2.45, 2.75) is 25.3 Å². The van der Waals surface area contributed by atoms with E-state index in [1.165, 1.54) is 49.9 Å². The molecule has 1 unspecified atom stereocenters. The zero-order valence-electron chi connectivity index (χ0n) is 29.6. The van der Waals surface area contributed by atoms with Gasteiger partial charge in [0, 0.05) is 33.4 Å². The van der Waals surface area contributed by atoms with E-state index >= 15 is 0 Å². The first kappa shape index (κ1) is 31.1. The van der Waals surface area contributed by atoms with Gasteiger partial charge in [0.05, 0.1) is 6.04 Å². The van der Waals surface area contributed by atoms with Crippen LogP contribution in [0.4, 0.5) is 5.69 Å². The Morgan fingerprint density at radius 3 is 1.72 bits per heavy atom. The third-order valence-corrected chi connectivity index (χ3v) is 10.9. The van der Waals surface area contributed by atoms with Gasteiger partial charge in [-0.15, -0.1) is 0 Å². The first-order chi connectivity index (χ1) is 26.0. The lowest BCUT2D eigenvalue weighted by Gasteiger charge is -2.30. The molecule has 4 nitrogen and oxygen atoms in total. The van der Waals surface area contributed by atoms with E-state index < -0.39 is 0 Å². The van der Waals surface area contributed by atoms with Crippen LogP contribution in [0.25, 0.3) is 61.6 Å². The zero-order chi connectivity index (χ0) is 35.5. The van der Waals surface area contributed by atoms with E-state index in [1.807, 2.05) is 36.4 Å². The summed E-state index contributed by atoms with van der Waals surface area (Å²) in [5.41, 5.74) is 14.1. The van der Waals surface area contributed by atoms with Crippen molar-refractivity contribution in [2.24, 2.45) is 0 Å². The summed E-state index contributed by atoms with van der Waals surface area (Å²) in [6.07, 6.45) is 2.40. The van der Waals surface area contributed by atoms with E-state index in [-0.39, 0.29) is 11.5 Å². The van der Waals surface area contributed by atoms with Crippen LogP contribution in [-0.4, -0.2) is 15.0 Å². The fourth-order valence-corrected chi connectivity index (χ4v) is 8.26. The lowest BCUT2D eigenvalue weighted by Crippen LogP contribution is -2.19. The van der Waals surface area contributed by atoms with Crippen LogP contribution in [0.1, 0.15) is 47.7 Å². The lowest BCUT2D eigenvalue weighted by atomic mass is 9.80. The van der Waals surface area contributed by atoms with Crippen molar-refractivity contribution in [1.29, 1.82) is 0 Å². The molecule has 1 aromatic heterocycles. The van der Waals surface area contributed by atoms with Crippen LogP contribution >= 0.6 is 0 Å². The molecule has 0 spiro atoms. The quantitative estimate of drug-likeness (QED) is 0.197. The van der Waals surface area contributed by atoms with Crippen LogP contribution in [-0.2, 0) is 5.41 Å². The number of hydrogen-bond acceptors (Lipinski definition) is 4. The largest absolute Gasteiger partial charge is 0.374 e. The average molecular weight is 681 g/mol. The highest BCUT2D eigenvalue weighted by Crippen LogP contribution is 2.52. The smallest absolute Gasteiger partial charge is 0.164 e. The van der Waals surface area contributed by atoms with Crippen molar-refractivity contribution in [1.82, 2.24) is 15.0 Å². The molecule has 2 heterocycles. The summed E-state index contributed by atoms with van der Waals surface area (Å²) in [4.78, 5) is 15.2. The van der Waals surface area contributed by atoms with Gasteiger partial charge in [-0.25, -0.2) is 15.0 Å². The van der Waals surface area contributed by atoms with Gasteiger partial charge in [0.25, 0.3) is 0 Å². The molecule has 1 aliphatic heterocycles. The Kier molecular flexibility index (Phi) is 7.19. The summed E-state index contributed by atoms with van der Waals surface area (Å²) >= 11 is 0. The number of benzene rings is 7. The van der Waals surface area contributed by atoms with Crippen molar-refractivity contribution in [3.63, 3.8) is 0 Å². The summed E-state index contributed by atoms with van der Waals surface area (Å²) in [5.74, 6) is 1.95. The number of hydrogen-bond donors (Lipinski definition) is 1. The molecule has 7 aromatic carbocycles. The van der Waals surface area contributed by atoms with Crippen molar-refractivity contribution in [3.8, 4) is 45.3 Å². The SMILES string of the molecule is CC1(C)c2ccccc2-c2cc3c(cc21)NC(c1cc(-c2nc(-c4ccccc4)nc(-c4ccccc4)n2)cc2ccccc12)C=C3c1ccccc1. The fraction of sp³-hybridized carbons (Fsp3) is 0.0816. The van der Waals surface area contributed by atoms with Gasteiger partial charge in [0.15, 0.2) is 17.5 Å². The average Bonchev–Trinajstić information content (AvgIpc) is 3.45. The Bertz CT molecular complexity index is 2660. The number of fused-ring (bicyclic) bond motifs is 5. The van der Waals surface area contributed by atoms with Crippen LogP contribution < -0.4 is 5.32 Å². The second-order valence-electron chi connectivity index (χ2n) is 14.5. The molecule has 1 aliphatic carbocycles. The van der Waals surface area contributed by atoms with Crippen LogP contribution in [0, 0.1) is 0 Å². The van der Waals surface area contributed by atoms with Crippen molar-refractivity contribution >= 4 is 22.0 Å². The molecule has 1 atom stereocenters. The highest BCUT2D eigenvalue weighted by molar-refractivity contribution is 5.96. The lowest BCUT2D eigenvalue weighted by molar-refractivity contribution is 0.660. The van der Waals surface area contributed by atoms with Crippen LogP contribution in [0.5, 0.6) is 0 Å². The maximum absolute atomic E-state index is 5.11. The van der Waals surface area contributed by atoms with E-state index in [1.54, 1.807) is 0 Å². The first-order valence-corrected chi connectivity index (χ1v) is 18.2. The van der Waals surface area contributed by atoms with Crippen LogP contribution in [0.3, 0.4) is 0 Å². The molecule has 0 amide bonds. The minimum Gasteiger partial charge on any atom is -0.374 e. The van der Waals surface area contributed by atoms with Gasteiger partial charge in [-0.1, -0.05) is 153 Å². The van der Waals surface area contributed by atoms with E-state index in [2.05, 4.69) is 153 Å². The molecule has 8 aromatic rings. The minimum absolute atomic E-state index is 0.107. The summed E-state index contributed by atoms with van der Waals surface area (Å²) in [6, 6.07) is 57.8. The zero-order valence-corrected chi connectivity index (χ0v) is 29.6. The Morgan fingerprint density at radius 1 is 0.472 bits per heavy atom. The molecule has 0 fully saturated rings. The topological polar surface area (TPSA) is 50.7 Å². The number of anilines is 1. The molecular formula is C49H36N4. The molecule has 0 bridgehead atoms. The maximum Gasteiger partial charge on any atom is 0.164 e. The van der Waals surface area contributed by atoms with E-state index in [0.29, 0.717) is 17.5 Å². The molecular weight excluding hydrogens is 645 g/mol. The van der Waals surface area contributed by atoms with Crippen LogP contribution in [0.2, 0.25) is 0 Å². The van der Waals surface area contributed by atoms with Crippen molar-refractivity contribution in [2.75, 3.05) is 5.32 Å². The first-order valence-electron chi connectivity index (χ1n) is 18.2. The highest BCUT2D eigenvalue weighted by Gasteiger charge is 2.37. The predicted molar refractivity (Wildman–Crippen MR) is 218 cm³/mol. The summed E-state index contributed by atoms with van der Waals surface area (Å²) < 4.78 is 0. The molecule has 53 heavy (non-hydrogen) atoms. The number of nitrogens with one attached hydrogen (secondary N) is 1. The Hall–Kier alpha value is -6.65. The molecule has 4 heteroatoms. The van der Waals surface area contributed by atoms with Gasteiger partial charge >= 0.3 is 0 Å². The van der Waals surface area contributed by atoms with E-state index in [9.17, 15) is 0 Å². The minimum atomic E-state index is -0.114. The van der Waals surface area contributed by atoms with Gasteiger partial charge in [-0.05, 0) is 80.1 Å². The fourth-order valence-electron chi connectivity index (χ4n) is 8.26. The molecule has 1 N–H and O–H groups in total. The molecule has 0 saturated carbocycles. The summed E-state index contributed by atoms with van der Waals surface area (Å²) in [7, 11) is 0. The van der Waals surface area contributed by atoms with Gasteiger partial charge in [-0.2, -0.15) is 0 Å². The second-order valence-corrected chi connectivity index (χ2v) is 14.5. The van der Waals surface area contributed by atoms with Gasteiger partial charge in [0.2, 0.25) is 0 Å². The number of rotatable bonds is 5. The summed E-state index contributed by atoms with van der Waals surface area (Å²) in [6.45, 7) is 4.69. The maximum atomic E-state index is 5.11. The second kappa shape index (κ2) is 12.2. The Morgan fingerprint density at radius 2 is 1.04 bits per heavy atom. The van der Waals surface area contributed by atoms with Gasteiger partial charge in [0.1, 0.15) is 0 Å².